The minimum atomic E-state index is -0.641. The van der Waals surface area contributed by atoms with E-state index < -0.39 is 5.60 Å². The Morgan fingerprint density at radius 2 is 2.06 bits per heavy atom. The van der Waals surface area contributed by atoms with Crippen molar-refractivity contribution in [2.75, 3.05) is 41.4 Å². The van der Waals surface area contributed by atoms with Crippen molar-refractivity contribution in [1.82, 2.24) is 30.0 Å². The van der Waals surface area contributed by atoms with E-state index in [4.69, 9.17) is 5.10 Å². The lowest BCUT2D eigenvalue weighted by atomic mass is 9.94. The predicted octanol–water partition coefficient (Wildman–Crippen LogP) is 2.18. The third-order valence-corrected chi connectivity index (χ3v) is 7.05. The molecule has 0 spiro atoms. The fourth-order valence-electron chi connectivity index (χ4n) is 4.57. The van der Waals surface area contributed by atoms with Gasteiger partial charge in [0.25, 0.3) is 0 Å². The van der Waals surface area contributed by atoms with E-state index in [1.54, 1.807) is 23.4 Å². The van der Waals surface area contributed by atoms with Crippen molar-refractivity contribution in [2.24, 2.45) is 0 Å². The first-order valence-corrected chi connectivity index (χ1v) is 12.4. The molecule has 4 N–H and O–H groups in total. The second kappa shape index (κ2) is 9.51. The van der Waals surface area contributed by atoms with Crippen molar-refractivity contribution >= 4 is 40.3 Å². The fraction of sp³-hybridized carbons (Fsp3) is 0.542. The number of amides is 2. The van der Waals surface area contributed by atoms with Gasteiger partial charge in [-0.3, -0.25) is 9.58 Å². The second-order valence-corrected chi connectivity index (χ2v) is 9.90. The molecule has 36 heavy (non-hydrogen) atoms. The summed E-state index contributed by atoms with van der Waals surface area (Å²) >= 11 is 0. The Balaban J connectivity index is 1.43. The van der Waals surface area contributed by atoms with Crippen LogP contribution in [-0.2, 0) is 0 Å². The van der Waals surface area contributed by atoms with Crippen LogP contribution in [0.25, 0.3) is 10.9 Å². The zero-order valence-corrected chi connectivity index (χ0v) is 20.8. The molecular formula is C24H33N9O3. The molecule has 12 nitrogen and oxygen atoms in total. The van der Waals surface area contributed by atoms with Crippen LogP contribution in [0.5, 0.6) is 0 Å². The Kier molecular flexibility index (Phi) is 6.39. The molecule has 3 aromatic rings. The number of rotatable bonds is 7. The highest BCUT2D eigenvalue weighted by Crippen LogP contribution is 2.32. The van der Waals surface area contributed by atoms with Gasteiger partial charge in [0, 0.05) is 37.6 Å². The summed E-state index contributed by atoms with van der Waals surface area (Å²) in [6.07, 6.45) is 5.63. The number of urea groups is 1. The average molecular weight is 496 g/mol. The number of nitrogens with zero attached hydrogens (tertiary/aromatic N) is 7. The molecule has 2 aliphatic rings. The van der Waals surface area contributed by atoms with E-state index in [0.717, 1.165) is 17.3 Å². The second-order valence-electron chi connectivity index (χ2n) is 9.90. The summed E-state index contributed by atoms with van der Waals surface area (Å²) in [6.45, 7) is 7.63. The molecule has 5 heterocycles. The molecule has 2 atom stereocenters. The number of hydrogen-bond acceptors (Lipinski definition) is 9. The molecule has 2 fully saturated rings. The Labute approximate surface area is 209 Å². The number of hydrogen-bond donors (Lipinski definition) is 4. The molecule has 0 aliphatic carbocycles. The van der Waals surface area contributed by atoms with Crippen LogP contribution in [0.4, 0.5) is 28.2 Å². The molecule has 12 heteroatoms. The number of aromatic nitrogens is 5. The molecule has 0 radical (unpaired) electrons. The summed E-state index contributed by atoms with van der Waals surface area (Å²) < 4.78 is 1.92. The van der Waals surface area contributed by atoms with Gasteiger partial charge in [-0.1, -0.05) is 6.92 Å². The van der Waals surface area contributed by atoms with Gasteiger partial charge in [0.05, 0.1) is 35.7 Å². The van der Waals surface area contributed by atoms with Crippen LogP contribution in [0.15, 0.2) is 24.5 Å². The minimum absolute atomic E-state index is 0.109. The van der Waals surface area contributed by atoms with Gasteiger partial charge in [0.2, 0.25) is 5.95 Å². The third-order valence-electron chi connectivity index (χ3n) is 7.05. The van der Waals surface area contributed by atoms with E-state index in [0.29, 0.717) is 55.9 Å². The number of nitrogens with one attached hydrogen (secondary N) is 2. The predicted molar refractivity (Wildman–Crippen MR) is 137 cm³/mol. The topological polar surface area (TPSA) is 145 Å². The molecule has 0 bridgehead atoms. The number of carbonyl (C=O) groups is 1. The van der Waals surface area contributed by atoms with Crippen LogP contribution in [0.1, 0.15) is 46.1 Å². The smallest absolute Gasteiger partial charge is 0.323 e. The number of piperidine rings is 1. The first kappa shape index (κ1) is 24.2. The van der Waals surface area contributed by atoms with Crippen molar-refractivity contribution in [3.8, 4) is 0 Å². The van der Waals surface area contributed by atoms with Crippen LogP contribution in [0, 0.1) is 0 Å². The molecule has 2 saturated heterocycles. The number of aliphatic hydroxyl groups excluding tert-OH is 1. The van der Waals surface area contributed by atoms with E-state index in [1.165, 1.54) is 0 Å². The first-order chi connectivity index (χ1) is 17.3. The summed E-state index contributed by atoms with van der Waals surface area (Å²) in [7, 11) is 0. The summed E-state index contributed by atoms with van der Waals surface area (Å²) in [4.78, 5) is 29.8. The SMILES string of the molecule is CCC(C)n1nc(N2C[C@@H](CO)NC2=O)c2cnc(Nc3ccnc(N4CCC(C)(O)CC4)n3)cc21. The Hall–Kier alpha value is -3.51. The fourth-order valence-corrected chi connectivity index (χ4v) is 4.57. The molecule has 3 aromatic heterocycles. The van der Waals surface area contributed by atoms with Gasteiger partial charge in [0.1, 0.15) is 11.6 Å². The van der Waals surface area contributed by atoms with Crippen LogP contribution in [0.2, 0.25) is 0 Å². The molecule has 5 rings (SSSR count). The lowest BCUT2D eigenvalue weighted by molar-refractivity contribution is 0.0349. The molecule has 2 amide bonds. The van der Waals surface area contributed by atoms with Crippen molar-refractivity contribution in [2.45, 2.75) is 57.7 Å². The summed E-state index contributed by atoms with van der Waals surface area (Å²) in [6, 6.07) is 3.21. The molecule has 0 saturated carbocycles. The third kappa shape index (κ3) is 4.65. The molecule has 0 aromatic carbocycles. The Morgan fingerprint density at radius 3 is 2.75 bits per heavy atom. The first-order valence-electron chi connectivity index (χ1n) is 12.4. The summed E-state index contributed by atoms with van der Waals surface area (Å²) in [5.74, 6) is 2.36. The maximum Gasteiger partial charge on any atom is 0.323 e. The van der Waals surface area contributed by atoms with Crippen LogP contribution < -0.4 is 20.4 Å². The van der Waals surface area contributed by atoms with Gasteiger partial charge in [0.15, 0.2) is 5.82 Å². The van der Waals surface area contributed by atoms with E-state index in [1.807, 2.05) is 17.7 Å². The quantitative estimate of drug-likeness (QED) is 0.387. The molecular weight excluding hydrogens is 462 g/mol. The normalized spacial score (nSPS) is 20.6. The van der Waals surface area contributed by atoms with Crippen molar-refractivity contribution in [3.05, 3.63) is 24.5 Å². The van der Waals surface area contributed by atoms with Gasteiger partial charge in [-0.15, -0.1) is 0 Å². The Bertz CT molecular complexity index is 1250. The molecule has 2 aliphatic heterocycles. The monoisotopic (exact) mass is 495 g/mol. The highest BCUT2D eigenvalue weighted by Gasteiger charge is 2.33. The van der Waals surface area contributed by atoms with Crippen LogP contribution >= 0.6 is 0 Å². The van der Waals surface area contributed by atoms with E-state index in [-0.39, 0.29) is 24.7 Å². The summed E-state index contributed by atoms with van der Waals surface area (Å²) in [5, 5.41) is 31.3. The maximum atomic E-state index is 12.5. The zero-order chi connectivity index (χ0) is 25.4. The van der Waals surface area contributed by atoms with Gasteiger partial charge >= 0.3 is 6.03 Å². The van der Waals surface area contributed by atoms with Crippen molar-refractivity contribution in [3.63, 3.8) is 0 Å². The van der Waals surface area contributed by atoms with E-state index >= 15 is 0 Å². The largest absolute Gasteiger partial charge is 0.394 e. The number of fused-ring (bicyclic) bond motifs is 1. The van der Waals surface area contributed by atoms with E-state index in [2.05, 4.69) is 44.3 Å². The number of aliphatic hydroxyl groups is 2. The highest BCUT2D eigenvalue weighted by atomic mass is 16.3. The van der Waals surface area contributed by atoms with Gasteiger partial charge < -0.3 is 25.7 Å². The standard InChI is InChI=1S/C24H33N9O3/c1-4-15(2)33-18-11-20(26-12-17(18)21(30-33)32-13-16(14-34)27-23(32)35)28-19-5-8-25-22(29-19)31-9-6-24(3,36)7-10-31/h5,8,11-12,15-16,34,36H,4,6-7,9-10,13-14H2,1-3H3,(H,27,35)(H,25,26,28,29)/t15?,16-/m0/s1. The average Bonchev–Trinajstić information content (AvgIpc) is 3.43. The number of carbonyl (C=O) groups excluding carboxylic acids is 1. The highest BCUT2D eigenvalue weighted by molar-refractivity contribution is 6.02. The maximum absolute atomic E-state index is 12.5. The molecule has 192 valence electrons. The van der Waals surface area contributed by atoms with Crippen molar-refractivity contribution < 1.29 is 15.0 Å². The van der Waals surface area contributed by atoms with E-state index in [9.17, 15) is 15.0 Å². The zero-order valence-electron chi connectivity index (χ0n) is 20.8. The Morgan fingerprint density at radius 1 is 1.28 bits per heavy atom. The lowest BCUT2D eigenvalue weighted by Crippen LogP contribution is -2.43. The van der Waals surface area contributed by atoms with Crippen molar-refractivity contribution in [1.29, 1.82) is 0 Å². The van der Waals surface area contributed by atoms with Gasteiger partial charge in [-0.2, -0.15) is 10.1 Å². The lowest BCUT2D eigenvalue weighted by Gasteiger charge is -2.35. The van der Waals surface area contributed by atoms with Crippen LogP contribution in [0.3, 0.4) is 0 Å². The summed E-state index contributed by atoms with van der Waals surface area (Å²) in [5.41, 5.74) is 0.211. The molecule has 1 unspecified atom stereocenters. The number of pyridine rings is 1. The number of anilines is 4. The minimum Gasteiger partial charge on any atom is -0.394 e. The van der Waals surface area contributed by atoms with Gasteiger partial charge in [-0.05, 0) is 39.2 Å². The van der Waals surface area contributed by atoms with Gasteiger partial charge in [-0.25, -0.2) is 14.8 Å². The van der Waals surface area contributed by atoms with Crippen LogP contribution in [-0.4, -0.2) is 78.9 Å².